The van der Waals surface area contributed by atoms with Crippen molar-refractivity contribution >= 4 is 40.9 Å². The maximum absolute atomic E-state index is 13.5. The SMILES string of the molecule is CC(C)(C)C(=O)N1CCC[C@H]1C(=O)N[C@H](Cc1ccc2ccccc2c1)C(=O)NCC(O)CNCC1CCCCC1.Cl. The van der Waals surface area contributed by atoms with E-state index in [0.717, 1.165) is 29.3 Å². The predicted molar refractivity (Wildman–Crippen MR) is 169 cm³/mol. The van der Waals surface area contributed by atoms with Crippen LogP contribution in [-0.4, -0.2) is 72.1 Å². The lowest BCUT2D eigenvalue weighted by molar-refractivity contribution is -0.145. The molecule has 1 saturated heterocycles. The number of carbonyl (C=O) groups excluding carboxylic acids is 3. The summed E-state index contributed by atoms with van der Waals surface area (Å²) < 4.78 is 0. The van der Waals surface area contributed by atoms with Crippen LogP contribution in [0.4, 0.5) is 0 Å². The molecule has 4 N–H and O–H groups in total. The number of carbonyl (C=O) groups is 3. The normalized spacial score (nSPS) is 19.1. The number of aliphatic hydroxyl groups excluding tert-OH is 1. The number of nitrogens with zero attached hydrogens (tertiary/aromatic N) is 1. The molecule has 1 saturated carbocycles. The number of halogens is 1. The van der Waals surface area contributed by atoms with Crippen LogP contribution in [0.3, 0.4) is 0 Å². The van der Waals surface area contributed by atoms with Gasteiger partial charge in [-0.15, -0.1) is 12.4 Å². The highest BCUT2D eigenvalue weighted by atomic mass is 35.5. The van der Waals surface area contributed by atoms with E-state index in [4.69, 9.17) is 0 Å². The lowest BCUT2D eigenvalue weighted by Gasteiger charge is -2.31. The zero-order chi connectivity index (χ0) is 29.4. The third-order valence-electron chi connectivity index (χ3n) is 8.39. The number of benzene rings is 2. The molecular weight excluding hydrogens is 552 g/mol. The first kappa shape index (κ1) is 33.8. The van der Waals surface area contributed by atoms with Crippen LogP contribution in [0.1, 0.15) is 71.3 Å². The molecule has 0 aromatic heterocycles. The van der Waals surface area contributed by atoms with E-state index in [0.29, 0.717) is 31.8 Å². The summed E-state index contributed by atoms with van der Waals surface area (Å²) in [6.45, 7) is 7.49. The second kappa shape index (κ2) is 15.7. The van der Waals surface area contributed by atoms with E-state index in [1.165, 1.54) is 32.1 Å². The van der Waals surface area contributed by atoms with E-state index in [2.05, 4.69) is 16.0 Å². The predicted octanol–water partition coefficient (Wildman–Crippen LogP) is 3.97. The quantitative estimate of drug-likeness (QED) is 0.312. The molecule has 4 rings (SSSR count). The van der Waals surface area contributed by atoms with E-state index in [9.17, 15) is 19.5 Å². The van der Waals surface area contributed by atoms with Crippen molar-refractivity contribution in [3.63, 3.8) is 0 Å². The average Bonchev–Trinajstić information content (AvgIpc) is 3.45. The molecule has 1 aliphatic carbocycles. The molecule has 1 heterocycles. The van der Waals surface area contributed by atoms with Gasteiger partial charge in [-0.05, 0) is 54.5 Å². The molecule has 42 heavy (non-hydrogen) atoms. The van der Waals surface area contributed by atoms with E-state index in [1.807, 2.05) is 63.2 Å². The molecule has 8 nitrogen and oxygen atoms in total. The van der Waals surface area contributed by atoms with E-state index >= 15 is 0 Å². The molecule has 9 heteroatoms. The van der Waals surface area contributed by atoms with Gasteiger partial charge in [-0.1, -0.05) is 82.5 Å². The molecule has 0 radical (unpaired) electrons. The number of nitrogens with one attached hydrogen (secondary N) is 3. The maximum atomic E-state index is 13.5. The molecule has 0 bridgehead atoms. The Balaban J connectivity index is 0.00000484. The molecule has 3 atom stereocenters. The highest BCUT2D eigenvalue weighted by Gasteiger charge is 2.39. The molecule has 2 fully saturated rings. The second-order valence-electron chi connectivity index (χ2n) is 12.9. The monoisotopic (exact) mass is 600 g/mol. The fraction of sp³-hybridized carbons (Fsp3) is 0.606. The first-order valence-electron chi connectivity index (χ1n) is 15.4. The van der Waals surface area contributed by atoms with Crippen molar-refractivity contribution in [1.82, 2.24) is 20.9 Å². The van der Waals surface area contributed by atoms with Gasteiger partial charge < -0.3 is 26.0 Å². The number of hydrogen-bond acceptors (Lipinski definition) is 5. The summed E-state index contributed by atoms with van der Waals surface area (Å²) in [4.78, 5) is 41.6. The molecule has 1 unspecified atom stereocenters. The number of aliphatic hydroxyl groups is 1. The summed E-state index contributed by atoms with van der Waals surface area (Å²) >= 11 is 0. The van der Waals surface area contributed by atoms with Gasteiger partial charge >= 0.3 is 0 Å². The zero-order valence-corrected chi connectivity index (χ0v) is 26.2. The summed E-state index contributed by atoms with van der Waals surface area (Å²) in [5, 5.41) is 21.9. The Morgan fingerprint density at radius 3 is 2.38 bits per heavy atom. The zero-order valence-electron chi connectivity index (χ0n) is 25.4. The van der Waals surface area contributed by atoms with Gasteiger partial charge in [-0.3, -0.25) is 14.4 Å². The maximum Gasteiger partial charge on any atom is 0.243 e. The minimum atomic E-state index is -0.835. The molecule has 2 aliphatic rings. The van der Waals surface area contributed by atoms with Gasteiger partial charge in [0.2, 0.25) is 17.7 Å². The Labute approximate surface area is 256 Å². The molecule has 0 spiro atoms. The largest absolute Gasteiger partial charge is 0.390 e. The summed E-state index contributed by atoms with van der Waals surface area (Å²) in [5.41, 5.74) is 0.333. The number of hydrogen-bond donors (Lipinski definition) is 4. The highest BCUT2D eigenvalue weighted by molar-refractivity contribution is 5.93. The first-order chi connectivity index (χ1) is 19.6. The summed E-state index contributed by atoms with van der Waals surface area (Å²) in [7, 11) is 0. The van der Waals surface area contributed by atoms with Crippen LogP contribution in [0.25, 0.3) is 10.8 Å². The molecule has 2 aromatic carbocycles. The Bertz CT molecular complexity index is 1190. The first-order valence-corrected chi connectivity index (χ1v) is 15.4. The average molecular weight is 601 g/mol. The van der Waals surface area contributed by atoms with Gasteiger partial charge in [0.1, 0.15) is 12.1 Å². The van der Waals surface area contributed by atoms with E-state index in [-0.39, 0.29) is 36.7 Å². The van der Waals surface area contributed by atoms with Crippen molar-refractivity contribution in [2.45, 2.75) is 90.3 Å². The fourth-order valence-corrected chi connectivity index (χ4v) is 6.05. The lowest BCUT2D eigenvalue weighted by Crippen LogP contribution is -2.55. The molecule has 2 aromatic rings. The van der Waals surface area contributed by atoms with Crippen molar-refractivity contribution in [2.24, 2.45) is 11.3 Å². The van der Waals surface area contributed by atoms with Gasteiger partial charge in [0, 0.05) is 31.5 Å². The van der Waals surface area contributed by atoms with Crippen LogP contribution < -0.4 is 16.0 Å². The Morgan fingerprint density at radius 2 is 1.67 bits per heavy atom. The topological polar surface area (TPSA) is 111 Å². The van der Waals surface area contributed by atoms with Gasteiger partial charge in [0.05, 0.1) is 6.10 Å². The van der Waals surface area contributed by atoms with Crippen LogP contribution in [0, 0.1) is 11.3 Å². The van der Waals surface area contributed by atoms with Crippen LogP contribution in [0.2, 0.25) is 0 Å². The fourth-order valence-electron chi connectivity index (χ4n) is 6.05. The van der Waals surface area contributed by atoms with Crippen LogP contribution in [-0.2, 0) is 20.8 Å². The Morgan fingerprint density at radius 1 is 0.952 bits per heavy atom. The van der Waals surface area contributed by atoms with Gasteiger partial charge in [-0.25, -0.2) is 0 Å². The number of amides is 3. The highest BCUT2D eigenvalue weighted by Crippen LogP contribution is 2.26. The van der Waals surface area contributed by atoms with Crippen LogP contribution in [0.15, 0.2) is 42.5 Å². The minimum absolute atomic E-state index is 0. The van der Waals surface area contributed by atoms with Crippen molar-refractivity contribution in [3.05, 3.63) is 48.0 Å². The lowest BCUT2D eigenvalue weighted by atomic mass is 9.89. The number of likely N-dealkylation sites (tertiary alicyclic amines) is 1. The smallest absolute Gasteiger partial charge is 0.243 e. The van der Waals surface area contributed by atoms with E-state index < -0.39 is 23.6 Å². The molecule has 3 amide bonds. The Kier molecular flexibility index (Phi) is 12.6. The Hall–Kier alpha value is -2.68. The third-order valence-corrected chi connectivity index (χ3v) is 8.39. The number of rotatable bonds is 11. The second-order valence-corrected chi connectivity index (χ2v) is 12.9. The van der Waals surface area contributed by atoms with Gasteiger partial charge in [0.25, 0.3) is 0 Å². The van der Waals surface area contributed by atoms with Gasteiger partial charge in [-0.2, -0.15) is 0 Å². The van der Waals surface area contributed by atoms with Crippen molar-refractivity contribution in [1.29, 1.82) is 0 Å². The number of fused-ring (bicyclic) bond motifs is 1. The molecular formula is C33H49ClN4O4. The van der Waals surface area contributed by atoms with Crippen molar-refractivity contribution in [2.75, 3.05) is 26.2 Å². The third kappa shape index (κ3) is 9.41. The summed E-state index contributed by atoms with van der Waals surface area (Å²) in [6.07, 6.45) is 7.23. The van der Waals surface area contributed by atoms with E-state index in [1.54, 1.807) is 4.90 Å². The molecule has 1 aliphatic heterocycles. The van der Waals surface area contributed by atoms with Crippen molar-refractivity contribution < 1.29 is 19.5 Å². The summed E-state index contributed by atoms with van der Waals surface area (Å²) in [6, 6.07) is 12.6. The van der Waals surface area contributed by atoms with Crippen molar-refractivity contribution in [3.8, 4) is 0 Å². The standard InChI is InChI=1S/C33H48N4O4.ClH/c1-33(2,3)32(41)37-17-9-14-29(37)31(40)36-28(19-24-15-16-25-12-7-8-13-26(25)18-24)30(39)35-22-27(38)21-34-20-23-10-5-4-6-11-23;/h7-8,12-13,15-16,18,23,27-29,34,38H,4-6,9-11,14,17,19-22H2,1-3H3,(H,35,39)(H,36,40);1H/t27?,28-,29+;/m1./s1. The molecule has 232 valence electrons. The minimum Gasteiger partial charge on any atom is -0.390 e. The van der Waals surface area contributed by atoms with Crippen LogP contribution >= 0.6 is 12.4 Å². The van der Waals surface area contributed by atoms with Crippen LogP contribution in [0.5, 0.6) is 0 Å². The summed E-state index contributed by atoms with van der Waals surface area (Å²) in [5.74, 6) is -0.0535. The van der Waals surface area contributed by atoms with Gasteiger partial charge in [0.15, 0.2) is 0 Å².